The SMILES string of the molecule is COCCn1c(C)cc(O)c(C(c2ccc(SC)cc2)N2CCN(c3ccccc3F)CC2)c1=O. The Balaban J connectivity index is 1.72. The van der Waals surface area contributed by atoms with Crippen LogP contribution in [0.5, 0.6) is 5.75 Å². The van der Waals surface area contributed by atoms with E-state index in [0.29, 0.717) is 56.3 Å². The molecule has 6 nitrogen and oxygen atoms in total. The fourth-order valence-electron chi connectivity index (χ4n) is 4.76. The van der Waals surface area contributed by atoms with E-state index in [9.17, 15) is 14.3 Å². The number of rotatable bonds is 8. The van der Waals surface area contributed by atoms with Crippen LogP contribution in [0.3, 0.4) is 0 Å². The Hall–Kier alpha value is -2.81. The molecule has 0 spiro atoms. The van der Waals surface area contributed by atoms with Crippen molar-refractivity contribution in [2.45, 2.75) is 24.4 Å². The number of methoxy groups -OCH3 is 1. The quantitative estimate of drug-likeness (QED) is 0.469. The number of pyridine rings is 1. The van der Waals surface area contributed by atoms with Crippen LogP contribution in [0.25, 0.3) is 0 Å². The number of aromatic hydroxyl groups is 1. The van der Waals surface area contributed by atoms with Crippen LogP contribution in [0.1, 0.15) is 22.9 Å². The Morgan fingerprint density at radius 2 is 1.77 bits per heavy atom. The van der Waals surface area contributed by atoms with E-state index >= 15 is 0 Å². The minimum atomic E-state index is -0.421. The molecule has 1 unspecified atom stereocenters. The molecule has 3 aromatic rings. The number of halogens is 1. The summed E-state index contributed by atoms with van der Waals surface area (Å²) in [6, 6.07) is 16.2. The van der Waals surface area contributed by atoms with Crippen molar-refractivity contribution in [3.63, 3.8) is 0 Å². The standard InChI is InChI=1S/C27H32FN3O3S/c1-19-18-24(32)25(27(33)31(19)16-17-34-2)26(20-8-10-21(35-3)11-9-20)30-14-12-29(13-15-30)23-7-5-4-6-22(23)28/h4-11,18,26,32H,12-17H2,1-3H3. The zero-order valence-electron chi connectivity index (χ0n) is 20.4. The number of anilines is 1. The van der Waals surface area contributed by atoms with Gasteiger partial charge in [-0.05, 0) is 49.1 Å². The highest BCUT2D eigenvalue weighted by Gasteiger charge is 2.32. The number of aromatic nitrogens is 1. The van der Waals surface area contributed by atoms with E-state index in [1.165, 1.54) is 6.07 Å². The molecule has 1 saturated heterocycles. The zero-order valence-corrected chi connectivity index (χ0v) is 21.2. The first-order chi connectivity index (χ1) is 16.9. The summed E-state index contributed by atoms with van der Waals surface area (Å²) in [7, 11) is 1.60. The van der Waals surface area contributed by atoms with Crippen molar-refractivity contribution in [1.29, 1.82) is 0 Å². The summed E-state index contributed by atoms with van der Waals surface area (Å²) < 4.78 is 21.2. The van der Waals surface area contributed by atoms with E-state index in [1.807, 2.05) is 48.4 Å². The topological polar surface area (TPSA) is 57.9 Å². The molecule has 0 radical (unpaired) electrons. The molecule has 8 heteroatoms. The summed E-state index contributed by atoms with van der Waals surface area (Å²) in [5.74, 6) is -0.237. The highest BCUT2D eigenvalue weighted by Crippen LogP contribution is 2.34. The van der Waals surface area contributed by atoms with Gasteiger partial charge in [-0.25, -0.2) is 4.39 Å². The predicted octanol–water partition coefficient (Wildman–Crippen LogP) is 4.28. The predicted molar refractivity (Wildman–Crippen MR) is 139 cm³/mol. The van der Waals surface area contributed by atoms with Crippen LogP contribution in [-0.2, 0) is 11.3 Å². The molecule has 0 saturated carbocycles. The first-order valence-electron chi connectivity index (χ1n) is 11.7. The Labute approximate surface area is 209 Å². The number of hydrogen-bond acceptors (Lipinski definition) is 6. The van der Waals surface area contributed by atoms with Gasteiger partial charge in [-0.3, -0.25) is 9.69 Å². The smallest absolute Gasteiger partial charge is 0.259 e. The average molecular weight is 498 g/mol. The van der Waals surface area contributed by atoms with Crippen LogP contribution in [0.2, 0.25) is 0 Å². The van der Waals surface area contributed by atoms with Gasteiger partial charge in [0.1, 0.15) is 11.6 Å². The van der Waals surface area contributed by atoms with Gasteiger partial charge in [0.25, 0.3) is 5.56 Å². The Morgan fingerprint density at radius 1 is 1.09 bits per heavy atom. The molecule has 2 aromatic carbocycles. The number of piperazine rings is 1. The van der Waals surface area contributed by atoms with Crippen molar-refractivity contribution in [1.82, 2.24) is 9.47 Å². The van der Waals surface area contributed by atoms with Crippen molar-refractivity contribution in [2.24, 2.45) is 0 Å². The first-order valence-corrected chi connectivity index (χ1v) is 13.0. The fraction of sp³-hybridized carbons (Fsp3) is 0.370. The lowest BCUT2D eigenvalue weighted by Crippen LogP contribution is -2.49. The van der Waals surface area contributed by atoms with Crippen LogP contribution in [0.4, 0.5) is 10.1 Å². The minimum absolute atomic E-state index is 0.00311. The largest absolute Gasteiger partial charge is 0.507 e. The van der Waals surface area contributed by atoms with Crippen molar-refractivity contribution in [3.8, 4) is 5.75 Å². The van der Waals surface area contributed by atoms with Crippen molar-refractivity contribution in [3.05, 3.63) is 87.6 Å². The maximum atomic E-state index is 14.4. The van der Waals surface area contributed by atoms with Crippen molar-refractivity contribution in [2.75, 3.05) is 51.1 Å². The summed E-state index contributed by atoms with van der Waals surface area (Å²) in [6.07, 6.45) is 2.02. The molecule has 1 atom stereocenters. The zero-order chi connectivity index (χ0) is 24.9. The van der Waals surface area contributed by atoms with E-state index < -0.39 is 6.04 Å². The van der Waals surface area contributed by atoms with Gasteiger partial charge in [0.2, 0.25) is 0 Å². The van der Waals surface area contributed by atoms with Crippen molar-refractivity contribution < 1.29 is 14.2 Å². The number of nitrogens with zero attached hydrogens (tertiary/aromatic N) is 3. The van der Waals surface area contributed by atoms with Crippen LogP contribution in [-0.4, -0.2) is 60.7 Å². The molecule has 0 aliphatic carbocycles. The lowest BCUT2D eigenvalue weighted by atomic mass is 9.96. The van der Waals surface area contributed by atoms with Gasteiger partial charge < -0.3 is 19.3 Å². The van der Waals surface area contributed by atoms with Crippen LogP contribution in [0.15, 0.2) is 64.3 Å². The van der Waals surface area contributed by atoms with Crippen LogP contribution in [0, 0.1) is 12.7 Å². The van der Waals surface area contributed by atoms with E-state index in [1.54, 1.807) is 41.6 Å². The molecule has 0 bridgehead atoms. The van der Waals surface area contributed by atoms with Gasteiger partial charge in [-0.2, -0.15) is 0 Å². The summed E-state index contributed by atoms with van der Waals surface area (Å²) in [4.78, 5) is 19.1. The molecule has 186 valence electrons. The molecule has 1 aliphatic rings. The third-order valence-electron chi connectivity index (χ3n) is 6.62. The number of hydrogen-bond donors (Lipinski definition) is 1. The van der Waals surface area contributed by atoms with Gasteiger partial charge in [0.05, 0.1) is 23.9 Å². The summed E-state index contributed by atoms with van der Waals surface area (Å²) >= 11 is 1.65. The minimum Gasteiger partial charge on any atom is -0.507 e. The molecule has 1 aliphatic heterocycles. The molecular weight excluding hydrogens is 465 g/mol. The van der Waals surface area contributed by atoms with E-state index in [-0.39, 0.29) is 17.1 Å². The molecule has 0 amide bonds. The maximum absolute atomic E-state index is 14.4. The van der Waals surface area contributed by atoms with E-state index in [2.05, 4.69) is 4.90 Å². The second-order valence-corrected chi connectivity index (χ2v) is 9.56. The first kappa shape index (κ1) is 25.3. The maximum Gasteiger partial charge on any atom is 0.259 e. The van der Waals surface area contributed by atoms with E-state index in [4.69, 9.17) is 4.74 Å². The second-order valence-electron chi connectivity index (χ2n) is 8.68. The van der Waals surface area contributed by atoms with E-state index in [0.717, 1.165) is 10.5 Å². The van der Waals surface area contributed by atoms with Crippen LogP contribution < -0.4 is 10.5 Å². The number of benzene rings is 2. The highest BCUT2D eigenvalue weighted by atomic mass is 32.2. The number of ether oxygens (including phenoxy) is 1. The van der Waals surface area contributed by atoms with Gasteiger partial charge >= 0.3 is 0 Å². The Kier molecular flexibility index (Phi) is 8.15. The van der Waals surface area contributed by atoms with Gasteiger partial charge in [-0.15, -0.1) is 11.8 Å². The third kappa shape index (κ3) is 5.39. The normalized spacial score (nSPS) is 15.4. The molecule has 2 heterocycles. The monoisotopic (exact) mass is 497 g/mol. The molecular formula is C27H32FN3O3S. The molecule has 4 rings (SSSR count). The number of thioether (sulfide) groups is 1. The number of aryl methyl sites for hydroxylation is 1. The molecule has 35 heavy (non-hydrogen) atoms. The molecule has 1 aromatic heterocycles. The number of para-hydroxylation sites is 1. The summed E-state index contributed by atoms with van der Waals surface area (Å²) in [5.41, 5.74) is 2.37. The second kappa shape index (κ2) is 11.3. The average Bonchev–Trinajstić information content (AvgIpc) is 2.87. The van der Waals surface area contributed by atoms with Gasteiger partial charge in [-0.1, -0.05) is 24.3 Å². The van der Waals surface area contributed by atoms with Crippen molar-refractivity contribution >= 4 is 17.4 Å². The lowest BCUT2D eigenvalue weighted by molar-refractivity contribution is 0.183. The fourth-order valence-corrected chi connectivity index (χ4v) is 5.17. The van der Waals surface area contributed by atoms with Crippen LogP contribution >= 0.6 is 11.8 Å². The Bertz CT molecular complexity index is 1210. The third-order valence-corrected chi connectivity index (χ3v) is 7.36. The summed E-state index contributed by atoms with van der Waals surface area (Å²) in [5, 5.41) is 11.0. The molecule has 1 N–H and O–H groups in total. The molecule has 1 fully saturated rings. The lowest BCUT2D eigenvalue weighted by Gasteiger charge is -2.40. The summed E-state index contributed by atoms with van der Waals surface area (Å²) in [6.45, 7) is 5.10. The highest BCUT2D eigenvalue weighted by molar-refractivity contribution is 7.98. The van der Waals surface area contributed by atoms with Gasteiger partial charge in [0.15, 0.2) is 0 Å². The Morgan fingerprint density at radius 3 is 2.40 bits per heavy atom. The van der Waals surface area contributed by atoms with Gasteiger partial charge in [0, 0.05) is 50.4 Å².